The number of carboxylic acid groups (broad SMARTS) is 1. The highest BCUT2D eigenvalue weighted by Gasteiger charge is 2.48. The summed E-state index contributed by atoms with van der Waals surface area (Å²) in [5.41, 5.74) is 5.35. The largest absolute Gasteiger partial charge is 0.480 e. The van der Waals surface area contributed by atoms with Crippen molar-refractivity contribution in [3.8, 4) is 0 Å². The molecular formula is C23H43N3O5. The molecule has 5 atom stereocenters. The number of nitrogens with two attached hydrogens (primary N) is 1. The average molecular weight is 442 g/mol. The van der Waals surface area contributed by atoms with Crippen LogP contribution in [0.2, 0.25) is 0 Å². The lowest BCUT2D eigenvalue weighted by Crippen LogP contribution is -2.55. The van der Waals surface area contributed by atoms with Crippen molar-refractivity contribution in [2.75, 3.05) is 6.61 Å². The van der Waals surface area contributed by atoms with Crippen LogP contribution in [-0.2, 0) is 19.1 Å². The molecule has 1 aliphatic heterocycles. The Kier molecular flexibility index (Phi) is 10.9. The smallest absolute Gasteiger partial charge is 0.326 e. The number of amides is 1. The van der Waals surface area contributed by atoms with Crippen LogP contribution < -0.4 is 11.1 Å². The summed E-state index contributed by atoms with van der Waals surface area (Å²) in [6.07, 6.45) is 5.87. The summed E-state index contributed by atoms with van der Waals surface area (Å²) in [6, 6.07) is -1.92. The summed E-state index contributed by atoms with van der Waals surface area (Å²) >= 11 is 0. The zero-order valence-corrected chi connectivity index (χ0v) is 20.1. The maximum atomic E-state index is 13.1. The van der Waals surface area contributed by atoms with Crippen molar-refractivity contribution >= 4 is 17.8 Å². The molecule has 1 amide bonds. The third kappa shape index (κ3) is 8.77. The number of carbonyl (C=O) groups excluding carboxylic acids is 2. The molecule has 0 aromatic carbocycles. The Morgan fingerprint density at radius 2 is 1.77 bits per heavy atom. The fourth-order valence-electron chi connectivity index (χ4n) is 4.39. The summed E-state index contributed by atoms with van der Waals surface area (Å²) < 4.78 is 5.09. The molecule has 0 bridgehead atoms. The highest BCUT2D eigenvalue weighted by molar-refractivity contribution is 5.88. The molecule has 1 aliphatic carbocycles. The molecule has 2 aliphatic rings. The van der Waals surface area contributed by atoms with E-state index in [1.54, 1.807) is 18.7 Å². The highest BCUT2D eigenvalue weighted by Crippen LogP contribution is 2.40. The number of likely N-dealkylation sites (tertiary alicyclic amines) is 1. The molecule has 0 spiro atoms. The molecular weight excluding hydrogens is 398 g/mol. The molecule has 1 saturated heterocycles. The Labute approximate surface area is 187 Å². The monoisotopic (exact) mass is 441 g/mol. The number of carboxylic acids is 1. The first kappa shape index (κ1) is 27.4. The number of rotatable bonds is 8. The summed E-state index contributed by atoms with van der Waals surface area (Å²) in [5.74, 6) is -1.24. The Morgan fingerprint density at radius 3 is 2.29 bits per heavy atom. The van der Waals surface area contributed by atoms with E-state index >= 15 is 0 Å². The van der Waals surface area contributed by atoms with Crippen molar-refractivity contribution in [3.05, 3.63) is 0 Å². The van der Waals surface area contributed by atoms with Gasteiger partial charge >= 0.3 is 11.9 Å². The minimum Gasteiger partial charge on any atom is -0.480 e. The topological polar surface area (TPSA) is 122 Å². The van der Waals surface area contributed by atoms with Gasteiger partial charge in [-0.1, -0.05) is 26.2 Å². The van der Waals surface area contributed by atoms with E-state index in [0.29, 0.717) is 19.4 Å². The summed E-state index contributed by atoms with van der Waals surface area (Å²) in [7, 11) is 0. The number of hydrogen-bond donors (Lipinski definition) is 3. The van der Waals surface area contributed by atoms with Crippen LogP contribution in [0, 0.1) is 5.92 Å². The van der Waals surface area contributed by atoms with Crippen LogP contribution >= 0.6 is 0 Å². The number of fused-ring (bicyclic) bond motifs is 1. The number of carbonyl (C=O) groups is 3. The van der Waals surface area contributed by atoms with E-state index in [1.165, 1.54) is 0 Å². The second-order valence-electron chi connectivity index (χ2n) is 9.79. The van der Waals surface area contributed by atoms with Gasteiger partial charge in [-0.3, -0.25) is 14.9 Å². The second kappa shape index (κ2) is 12.4. The van der Waals surface area contributed by atoms with Gasteiger partial charge in [0.25, 0.3) is 0 Å². The molecule has 2 fully saturated rings. The van der Waals surface area contributed by atoms with Gasteiger partial charge in [-0.15, -0.1) is 0 Å². The molecule has 0 aromatic rings. The van der Waals surface area contributed by atoms with Gasteiger partial charge in [0.1, 0.15) is 12.1 Å². The molecule has 8 nitrogen and oxygen atoms in total. The highest BCUT2D eigenvalue weighted by atomic mass is 16.5. The molecule has 0 radical (unpaired) electrons. The molecule has 0 unspecified atom stereocenters. The third-order valence-electron chi connectivity index (χ3n) is 5.60. The van der Waals surface area contributed by atoms with E-state index < -0.39 is 24.1 Å². The Balaban J connectivity index is 0.000000861. The molecule has 180 valence electrons. The first-order valence-electron chi connectivity index (χ1n) is 11.7. The number of nitrogens with zero attached hydrogens (tertiary/aromatic N) is 1. The van der Waals surface area contributed by atoms with Crippen molar-refractivity contribution in [2.24, 2.45) is 11.7 Å². The number of aliphatic carboxylic acids is 1. The molecule has 0 aromatic heterocycles. The van der Waals surface area contributed by atoms with Gasteiger partial charge in [0, 0.05) is 11.6 Å². The van der Waals surface area contributed by atoms with Crippen LogP contribution in [0.4, 0.5) is 0 Å². The van der Waals surface area contributed by atoms with Gasteiger partial charge in [0.2, 0.25) is 5.91 Å². The molecule has 1 heterocycles. The lowest BCUT2D eigenvalue weighted by atomic mass is 9.84. The van der Waals surface area contributed by atoms with Crippen molar-refractivity contribution in [1.29, 1.82) is 0 Å². The lowest BCUT2D eigenvalue weighted by molar-refractivity contribution is -0.152. The van der Waals surface area contributed by atoms with Gasteiger partial charge in [-0.2, -0.15) is 0 Å². The molecule has 31 heavy (non-hydrogen) atoms. The second-order valence-corrected chi connectivity index (χ2v) is 9.79. The lowest BCUT2D eigenvalue weighted by Gasteiger charge is -2.35. The van der Waals surface area contributed by atoms with Crippen molar-refractivity contribution < 1.29 is 24.2 Å². The first-order valence-corrected chi connectivity index (χ1v) is 11.7. The number of hydrogen-bond acceptors (Lipinski definition) is 6. The fraction of sp³-hybridized carbons (Fsp3) is 0.870. The Hall–Kier alpha value is -1.67. The van der Waals surface area contributed by atoms with Crippen molar-refractivity contribution in [2.45, 2.75) is 116 Å². The van der Waals surface area contributed by atoms with E-state index in [-0.39, 0.29) is 29.4 Å². The van der Waals surface area contributed by atoms with Crippen molar-refractivity contribution in [3.63, 3.8) is 0 Å². The average Bonchev–Trinajstić information content (AvgIpc) is 3.05. The predicted octanol–water partition coefficient (Wildman–Crippen LogP) is 2.68. The van der Waals surface area contributed by atoms with E-state index in [9.17, 15) is 19.5 Å². The van der Waals surface area contributed by atoms with Gasteiger partial charge < -0.3 is 20.5 Å². The zero-order chi connectivity index (χ0) is 23.8. The van der Waals surface area contributed by atoms with Crippen LogP contribution in [0.25, 0.3) is 0 Å². The van der Waals surface area contributed by atoms with Gasteiger partial charge in [-0.05, 0) is 66.2 Å². The van der Waals surface area contributed by atoms with E-state index in [0.717, 1.165) is 32.1 Å². The van der Waals surface area contributed by atoms with Gasteiger partial charge in [-0.25, -0.2) is 4.79 Å². The van der Waals surface area contributed by atoms with Crippen LogP contribution in [0.1, 0.15) is 86.5 Å². The minimum atomic E-state index is -0.935. The molecule has 1 saturated carbocycles. The Morgan fingerprint density at radius 1 is 1.19 bits per heavy atom. The predicted molar refractivity (Wildman–Crippen MR) is 120 cm³/mol. The maximum absolute atomic E-state index is 13.1. The van der Waals surface area contributed by atoms with E-state index in [4.69, 9.17) is 10.5 Å². The fourth-order valence-corrected chi connectivity index (χ4v) is 4.39. The van der Waals surface area contributed by atoms with Crippen LogP contribution in [0.5, 0.6) is 0 Å². The van der Waals surface area contributed by atoms with Crippen molar-refractivity contribution in [1.82, 2.24) is 10.2 Å². The standard InChI is InChI=1S/C19H32N2O5.C4H11N/c1-4-8-14(19(25)26-5-2)20-12(3)17(22)21-15-10-7-6-9-13(15)11-16(21)18(23)24;1-4(2,3)5/h12-16,20H,4-11H2,1-3H3,(H,23,24);5H2,1-3H3/t12-,13-,14+,15-,16-;/m0./s1. The SMILES string of the molecule is CC(C)(C)N.CCC[C@@H](N[C@@H](C)C(=O)N1[C@H](C(=O)O)C[C@@H]2CCCC[C@@H]21)C(=O)OCC. The zero-order valence-electron chi connectivity index (χ0n) is 20.1. The number of esters is 1. The molecule has 4 N–H and O–H groups in total. The van der Waals surface area contributed by atoms with E-state index in [2.05, 4.69) is 5.32 Å². The van der Waals surface area contributed by atoms with E-state index in [1.807, 2.05) is 27.7 Å². The van der Waals surface area contributed by atoms with Crippen LogP contribution in [0.3, 0.4) is 0 Å². The Bertz CT molecular complexity index is 599. The van der Waals surface area contributed by atoms with Crippen LogP contribution in [-0.4, -0.2) is 64.2 Å². The summed E-state index contributed by atoms with van der Waals surface area (Å²) in [4.78, 5) is 38.5. The number of nitrogens with one attached hydrogen (secondary N) is 1. The van der Waals surface area contributed by atoms with Gasteiger partial charge in [0.05, 0.1) is 12.6 Å². The maximum Gasteiger partial charge on any atom is 0.326 e. The first-order chi connectivity index (χ1) is 14.4. The quantitative estimate of drug-likeness (QED) is 0.495. The van der Waals surface area contributed by atoms with Crippen LogP contribution in [0.15, 0.2) is 0 Å². The summed E-state index contributed by atoms with van der Waals surface area (Å²) in [6.45, 7) is 11.6. The van der Waals surface area contributed by atoms with Gasteiger partial charge in [0.15, 0.2) is 0 Å². The third-order valence-corrected chi connectivity index (χ3v) is 5.60. The minimum absolute atomic E-state index is 0. The summed E-state index contributed by atoms with van der Waals surface area (Å²) in [5, 5.41) is 12.7. The normalized spacial score (nSPS) is 25.0. The molecule has 8 heteroatoms. The molecule has 2 rings (SSSR count). The number of ether oxygens (including phenoxy) is 1.